The second-order valence-electron chi connectivity index (χ2n) is 9.49. The van der Waals surface area contributed by atoms with Crippen LogP contribution in [0.5, 0.6) is 0 Å². The number of aromatic nitrogens is 2. The number of guanidine groups is 1. The Morgan fingerprint density at radius 3 is 2.13 bits per heavy atom. The fourth-order valence-electron chi connectivity index (χ4n) is 3.55. The summed E-state index contributed by atoms with van der Waals surface area (Å²) in [7, 11) is 0. The van der Waals surface area contributed by atoms with E-state index in [1.165, 1.54) is 12.5 Å². The van der Waals surface area contributed by atoms with E-state index in [1.54, 1.807) is 0 Å². The zero-order chi connectivity index (χ0) is 29.5. The molecule has 0 bridgehead atoms. The van der Waals surface area contributed by atoms with Crippen LogP contribution in [0, 0.1) is 5.92 Å². The molecule has 1 rings (SSSR count). The Balaban J connectivity index is 2.95. The molecule has 0 aliphatic carbocycles. The van der Waals surface area contributed by atoms with Gasteiger partial charge in [0.05, 0.1) is 12.4 Å². The average Bonchev–Trinajstić information content (AvgIpc) is 3.35. The third-order valence-corrected chi connectivity index (χ3v) is 5.55. The van der Waals surface area contributed by atoms with Crippen LogP contribution in [0.15, 0.2) is 17.5 Å². The highest BCUT2D eigenvalue weighted by Crippen LogP contribution is 2.09. The van der Waals surface area contributed by atoms with E-state index in [9.17, 15) is 29.1 Å². The van der Waals surface area contributed by atoms with E-state index < -0.39 is 53.8 Å². The highest BCUT2D eigenvalue weighted by atomic mass is 16.4. The van der Waals surface area contributed by atoms with E-state index in [-0.39, 0.29) is 50.5 Å². The topological polar surface area (TPSA) is 287 Å². The number of aliphatic imine (C=N–C) groups is 1. The molecule has 16 heteroatoms. The fraction of sp³-hybridized carbons (Fsp3) is 0.609. The first kappa shape index (κ1) is 32.8. The van der Waals surface area contributed by atoms with Crippen LogP contribution in [0.1, 0.15) is 51.6 Å². The molecule has 0 radical (unpaired) electrons. The van der Waals surface area contributed by atoms with Gasteiger partial charge in [-0.15, -0.1) is 0 Å². The molecule has 0 saturated carbocycles. The Hall–Kier alpha value is -4.21. The molecular formula is C23H40N10O6. The predicted octanol–water partition coefficient (Wildman–Crippen LogP) is -2.82. The van der Waals surface area contributed by atoms with Crippen LogP contribution in [0.3, 0.4) is 0 Å². The number of amides is 4. The number of aliphatic carboxylic acids is 1. The molecule has 1 aromatic rings. The van der Waals surface area contributed by atoms with Crippen molar-refractivity contribution >= 4 is 35.6 Å². The summed E-state index contributed by atoms with van der Waals surface area (Å²) in [5.74, 6) is -4.23. The van der Waals surface area contributed by atoms with Gasteiger partial charge in [-0.3, -0.25) is 24.2 Å². The highest BCUT2D eigenvalue weighted by Gasteiger charge is 2.31. The maximum atomic E-state index is 13.2. The number of nitrogens with zero attached hydrogens (tertiary/aromatic N) is 2. The zero-order valence-corrected chi connectivity index (χ0v) is 22.2. The third kappa shape index (κ3) is 13.2. The number of carbonyl (C=O) groups is 5. The van der Waals surface area contributed by atoms with Crippen LogP contribution >= 0.6 is 0 Å². The summed E-state index contributed by atoms with van der Waals surface area (Å²) in [5, 5.41) is 17.0. The maximum Gasteiger partial charge on any atom is 0.326 e. The summed E-state index contributed by atoms with van der Waals surface area (Å²) >= 11 is 0. The number of H-pyrrole nitrogens is 1. The molecule has 0 spiro atoms. The number of nitrogens with one attached hydrogen (secondary N) is 4. The lowest BCUT2D eigenvalue weighted by atomic mass is 10.0. The van der Waals surface area contributed by atoms with E-state index in [2.05, 4.69) is 30.9 Å². The van der Waals surface area contributed by atoms with Gasteiger partial charge in [-0.1, -0.05) is 13.8 Å². The van der Waals surface area contributed by atoms with Gasteiger partial charge < -0.3 is 49.0 Å². The van der Waals surface area contributed by atoms with Crippen molar-refractivity contribution < 1.29 is 29.1 Å². The summed E-state index contributed by atoms with van der Waals surface area (Å²) in [5.41, 5.74) is 22.2. The number of carboxylic acids is 1. The molecule has 16 nitrogen and oxygen atoms in total. The SMILES string of the molecule is CC(C)CC(NC(=O)C(N)CCCN=C(N)N)C(=O)NC(CCC(N)=O)C(=O)NC(Cc1cnc[nH]1)C(=O)O. The molecule has 1 heterocycles. The van der Waals surface area contributed by atoms with Crippen LogP contribution in [-0.4, -0.2) is 81.3 Å². The van der Waals surface area contributed by atoms with Crippen LogP contribution in [0.25, 0.3) is 0 Å². The molecule has 0 aromatic carbocycles. The van der Waals surface area contributed by atoms with Gasteiger partial charge in [0.2, 0.25) is 23.6 Å². The van der Waals surface area contributed by atoms with Gasteiger partial charge in [-0.25, -0.2) is 9.78 Å². The molecular weight excluding hydrogens is 512 g/mol. The van der Waals surface area contributed by atoms with E-state index in [0.29, 0.717) is 12.1 Å². The van der Waals surface area contributed by atoms with E-state index in [0.717, 1.165) is 0 Å². The summed E-state index contributed by atoms with van der Waals surface area (Å²) in [4.78, 5) is 72.3. The van der Waals surface area contributed by atoms with E-state index in [1.807, 2.05) is 13.8 Å². The molecule has 0 fully saturated rings. The van der Waals surface area contributed by atoms with Crippen LogP contribution in [0.2, 0.25) is 0 Å². The standard InChI is InChI=1S/C23H40N10O6/c1-12(2)8-16(32-19(35)14(24)4-3-7-29-23(26)27)21(37)31-15(5-6-18(25)34)20(36)33-17(22(38)39)9-13-10-28-11-30-13/h10-12,14-17H,3-9,24H2,1-2H3,(H2,25,34)(H,28,30)(H,31,37)(H,32,35)(H,33,36)(H,38,39)(H4,26,27,29). The number of imidazole rings is 1. The smallest absolute Gasteiger partial charge is 0.326 e. The van der Waals surface area contributed by atoms with Crippen molar-refractivity contribution in [3.63, 3.8) is 0 Å². The van der Waals surface area contributed by atoms with Crippen molar-refractivity contribution in [3.8, 4) is 0 Å². The third-order valence-electron chi connectivity index (χ3n) is 5.55. The molecule has 39 heavy (non-hydrogen) atoms. The largest absolute Gasteiger partial charge is 0.480 e. The first-order chi connectivity index (χ1) is 18.3. The summed E-state index contributed by atoms with van der Waals surface area (Å²) in [6, 6.07) is -4.62. The Morgan fingerprint density at radius 1 is 0.974 bits per heavy atom. The number of nitrogens with two attached hydrogens (primary N) is 4. The number of rotatable bonds is 18. The minimum absolute atomic E-state index is 0.0252. The van der Waals surface area contributed by atoms with Gasteiger partial charge in [0.25, 0.3) is 0 Å². The van der Waals surface area contributed by atoms with Gasteiger partial charge >= 0.3 is 5.97 Å². The van der Waals surface area contributed by atoms with Crippen molar-refractivity contribution in [3.05, 3.63) is 18.2 Å². The van der Waals surface area contributed by atoms with Crippen molar-refractivity contribution in [2.75, 3.05) is 6.54 Å². The Bertz CT molecular complexity index is 994. The lowest BCUT2D eigenvalue weighted by Gasteiger charge is -2.26. The molecule has 1 aromatic heterocycles. The molecule has 4 atom stereocenters. The molecule has 4 unspecified atom stereocenters. The van der Waals surface area contributed by atoms with Gasteiger partial charge in [0.15, 0.2) is 5.96 Å². The van der Waals surface area contributed by atoms with Crippen molar-refractivity contribution in [2.24, 2.45) is 33.8 Å². The molecule has 218 valence electrons. The number of hydrogen-bond donors (Lipinski definition) is 9. The highest BCUT2D eigenvalue weighted by molar-refractivity contribution is 5.94. The number of aromatic amines is 1. The molecule has 0 aliphatic heterocycles. The lowest BCUT2D eigenvalue weighted by molar-refractivity contribution is -0.142. The van der Waals surface area contributed by atoms with Crippen LogP contribution < -0.4 is 38.9 Å². The van der Waals surface area contributed by atoms with Crippen molar-refractivity contribution in [1.82, 2.24) is 25.9 Å². The summed E-state index contributed by atoms with van der Waals surface area (Å²) in [6.07, 6.45) is 3.17. The lowest BCUT2D eigenvalue weighted by Crippen LogP contribution is -2.57. The quantitative estimate of drug-likeness (QED) is 0.0511. The number of primary amides is 1. The number of hydrogen-bond acceptors (Lipinski definition) is 8. The first-order valence-corrected chi connectivity index (χ1v) is 12.5. The fourth-order valence-corrected chi connectivity index (χ4v) is 3.55. The Labute approximate surface area is 226 Å². The monoisotopic (exact) mass is 552 g/mol. The maximum absolute atomic E-state index is 13.2. The first-order valence-electron chi connectivity index (χ1n) is 12.5. The van der Waals surface area contributed by atoms with Gasteiger partial charge in [0.1, 0.15) is 18.1 Å². The molecule has 13 N–H and O–H groups in total. The molecule has 4 amide bonds. The van der Waals surface area contributed by atoms with Crippen LogP contribution in [0.4, 0.5) is 0 Å². The summed E-state index contributed by atoms with van der Waals surface area (Å²) < 4.78 is 0. The van der Waals surface area contributed by atoms with Gasteiger partial charge in [-0.05, 0) is 31.6 Å². The number of carboxylic acid groups (broad SMARTS) is 1. The number of carbonyl (C=O) groups excluding carboxylic acids is 4. The predicted molar refractivity (Wildman–Crippen MR) is 141 cm³/mol. The minimum Gasteiger partial charge on any atom is -0.480 e. The van der Waals surface area contributed by atoms with Crippen molar-refractivity contribution in [2.45, 2.75) is 76.5 Å². The Morgan fingerprint density at radius 2 is 1.59 bits per heavy atom. The summed E-state index contributed by atoms with van der Waals surface area (Å²) in [6.45, 7) is 3.96. The van der Waals surface area contributed by atoms with Gasteiger partial charge in [-0.2, -0.15) is 0 Å². The second-order valence-corrected chi connectivity index (χ2v) is 9.49. The van der Waals surface area contributed by atoms with E-state index >= 15 is 0 Å². The Kier molecular flexibility index (Phi) is 14.0. The van der Waals surface area contributed by atoms with Crippen molar-refractivity contribution in [1.29, 1.82) is 0 Å². The minimum atomic E-state index is -1.34. The second kappa shape index (κ2) is 16.6. The van der Waals surface area contributed by atoms with Crippen LogP contribution in [-0.2, 0) is 30.4 Å². The van der Waals surface area contributed by atoms with E-state index in [4.69, 9.17) is 22.9 Å². The molecule has 0 saturated heterocycles. The average molecular weight is 553 g/mol. The normalized spacial score (nSPS) is 13.9. The van der Waals surface area contributed by atoms with Gasteiger partial charge in [0, 0.05) is 31.3 Å². The molecule has 0 aliphatic rings. The zero-order valence-electron chi connectivity index (χ0n) is 22.2.